The molecule has 0 aromatic carbocycles. The van der Waals surface area contributed by atoms with E-state index in [4.69, 9.17) is 0 Å². The van der Waals surface area contributed by atoms with Crippen LogP contribution in [0.2, 0.25) is 0 Å². The molecule has 0 bridgehead atoms. The van der Waals surface area contributed by atoms with E-state index in [1.807, 2.05) is 7.05 Å². The first-order valence-corrected chi connectivity index (χ1v) is 9.02. The van der Waals surface area contributed by atoms with Crippen molar-refractivity contribution in [1.82, 2.24) is 5.32 Å². The molecule has 0 saturated heterocycles. The molecule has 0 spiro atoms. The summed E-state index contributed by atoms with van der Waals surface area (Å²) in [5.74, 6) is 0.996. The van der Waals surface area contributed by atoms with Crippen LogP contribution in [-0.2, 0) is 9.84 Å². The molecule has 0 aliphatic carbocycles. The van der Waals surface area contributed by atoms with Crippen LogP contribution in [0.1, 0.15) is 33.1 Å². The van der Waals surface area contributed by atoms with Gasteiger partial charge in [0.25, 0.3) is 0 Å². The Morgan fingerprint density at radius 1 is 1.31 bits per heavy atom. The van der Waals surface area contributed by atoms with Gasteiger partial charge in [-0.25, -0.2) is 8.42 Å². The Labute approximate surface area is 105 Å². The van der Waals surface area contributed by atoms with E-state index in [0.717, 1.165) is 19.3 Å². The van der Waals surface area contributed by atoms with Crippen LogP contribution >= 0.6 is 11.8 Å². The van der Waals surface area contributed by atoms with Gasteiger partial charge in [-0.3, -0.25) is 0 Å². The number of rotatable bonds is 9. The van der Waals surface area contributed by atoms with Crippen molar-refractivity contribution in [3.05, 3.63) is 0 Å². The summed E-state index contributed by atoms with van der Waals surface area (Å²) in [5.41, 5.74) is 0. The lowest BCUT2D eigenvalue weighted by atomic mass is 10.1. The van der Waals surface area contributed by atoms with E-state index in [0.29, 0.717) is 17.0 Å². The van der Waals surface area contributed by atoms with E-state index in [2.05, 4.69) is 19.2 Å². The first-order chi connectivity index (χ1) is 7.44. The van der Waals surface area contributed by atoms with Gasteiger partial charge >= 0.3 is 0 Å². The molecule has 1 N–H and O–H groups in total. The van der Waals surface area contributed by atoms with Gasteiger partial charge < -0.3 is 5.32 Å². The van der Waals surface area contributed by atoms with Crippen LogP contribution in [0.4, 0.5) is 0 Å². The maximum atomic E-state index is 11.0. The summed E-state index contributed by atoms with van der Waals surface area (Å²) < 4.78 is 22.1. The maximum absolute atomic E-state index is 11.0. The van der Waals surface area contributed by atoms with Crippen molar-refractivity contribution in [2.24, 2.45) is 0 Å². The largest absolute Gasteiger partial charge is 0.316 e. The highest BCUT2D eigenvalue weighted by molar-refractivity contribution is 8.01. The minimum absolute atomic E-state index is 0.288. The number of sulfone groups is 1. The molecule has 0 fully saturated rings. The normalized spacial score (nSPS) is 16.0. The lowest BCUT2D eigenvalue weighted by molar-refractivity contribution is 0.490. The minimum Gasteiger partial charge on any atom is -0.316 e. The highest BCUT2D eigenvalue weighted by Gasteiger charge is 2.18. The molecule has 0 rings (SSSR count). The quantitative estimate of drug-likeness (QED) is 0.693. The number of thioether (sulfide) groups is 1. The van der Waals surface area contributed by atoms with Gasteiger partial charge in [-0.05, 0) is 19.9 Å². The first kappa shape index (κ1) is 16.3. The Morgan fingerprint density at radius 2 is 1.94 bits per heavy atom. The zero-order valence-electron chi connectivity index (χ0n) is 10.8. The van der Waals surface area contributed by atoms with Crippen LogP contribution < -0.4 is 5.32 Å². The predicted octanol–water partition coefficient (Wildman–Crippen LogP) is 1.93. The van der Waals surface area contributed by atoms with Gasteiger partial charge in [-0.2, -0.15) is 11.8 Å². The van der Waals surface area contributed by atoms with Gasteiger partial charge in [-0.1, -0.05) is 20.3 Å². The van der Waals surface area contributed by atoms with Crippen LogP contribution in [0.3, 0.4) is 0 Å². The van der Waals surface area contributed by atoms with Crippen LogP contribution in [0, 0.1) is 0 Å². The van der Waals surface area contributed by atoms with Crippen molar-refractivity contribution in [2.75, 3.05) is 24.8 Å². The van der Waals surface area contributed by atoms with E-state index >= 15 is 0 Å². The topological polar surface area (TPSA) is 46.2 Å². The van der Waals surface area contributed by atoms with Gasteiger partial charge in [-0.15, -0.1) is 0 Å². The highest BCUT2D eigenvalue weighted by Crippen LogP contribution is 2.21. The van der Waals surface area contributed by atoms with Crippen molar-refractivity contribution < 1.29 is 8.42 Å². The van der Waals surface area contributed by atoms with E-state index in [1.54, 1.807) is 11.8 Å². The molecule has 5 heteroatoms. The van der Waals surface area contributed by atoms with Crippen LogP contribution in [0.5, 0.6) is 0 Å². The molecule has 0 aliphatic rings. The Bertz CT molecular complexity index is 265. The summed E-state index contributed by atoms with van der Waals surface area (Å²) >= 11 is 1.78. The molecule has 0 radical (unpaired) electrons. The summed E-state index contributed by atoms with van der Waals surface area (Å²) in [6.45, 7) is 4.34. The third-order valence-electron chi connectivity index (χ3n) is 2.61. The van der Waals surface area contributed by atoms with Crippen LogP contribution in [0.25, 0.3) is 0 Å². The lowest BCUT2D eigenvalue weighted by Gasteiger charge is -2.25. The third kappa shape index (κ3) is 7.52. The fraction of sp³-hybridized carbons (Fsp3) is 1.00. The Kier molecular flexibility index (Phi) is 8.50. The van der Waals surface area contributed by atoms with Gasteiger partial charge in [0, 0.05) is 23.3 Å². The maximum Gasteiger partial charge on any atom is 0.148 e. The molecule has 0 aromatic rings. The number of hydrogen-bond donors (Lipinski definition) is 1. The monoisotopic (exact) mass is 267 g/mol. The molecular formula is C11H25NO2S2. The van der Waals surface area contributed by atoms with Gasteiger partial charge in [0.05, 0.1) is 5.75 Å². The van der Waals surface area contributed by atoms with E-state index in [1.165, 1.54) is 6.26 Å². The zero-order chi connectivity index (χ0) is 12.6. The van der Waals surface area contributed by atoms with Crippen molar-refractivity contribution >= 4 is 21.6 Å². The SMILES string of the molecule is CCCC(NC)C(CC)SCCS(C)(=O)=O. The lowest BCUT2D eigenvalue weighted by Crippen LogP contribution is -2.35. The molecule has 0 aliphatic heterocycles. The van der Waals surface area contributed by atoms with Crippen molar-refractivity contribution in [3.63, 3.8) is 0 Å². The molecule has 0 amide bonds. The van der Waals surface area contributed by atoms with Gasteiger partial charge in [0.2, 0.25) is 0 Å². The second-order valence-electron chi connectivity index (χ2n) is 4.13. The fourth-order valence-corrected chi connectivity index (χ4v) is 4.34. The van der Waals surface area contributed by atoms with E-state index in [9.17, 15) is 8.42 Å². The minimum atomic E-state index is -2.81. The molecule has 0 heterocycles. The fourth-order valence-electron chi connectivity index (χ4n) is 1.70. The van der Waals surface area contributed by atoms with Gasteiger partial charge in [0.15, 0.2) is 0 Å². The van der Waals surface area contributed by atoms with Crippen LogP contribution in [0.15, 0.2) is 0 Å². The average Bonchev–Trinajstić information content (AvgIpc) is 2.20. The van der Waals surface area contributed by atoms with E-state index < -0.39 is 9.84 Å². The van der Waals surface area contributed by atoms with Crippen molar-refractivity contribution in [2.45, 2.75) is 44.4 Å². The molecule has 16 heavy (non-hydrogen) atoms. The van der Waals surface area contributed by atoms with Crippen molar-refractivity contribution in [1.29, 1.82) is 0 Å². The summed E-state index contributed by atoms with van der Waals surface area (Å²) in [6, 6.07) is 0.500. The summed E-state index contributed by atoms with van der Waals surface area (Å²) in [5, 5.41) is 3.85. The molecule has 3 nitrogen and oxygen atoms in total. The zero-order valence-corrected chi connectivity index (χ0v) is 12.5. The molecule has 2 unspecified atom stereocenters. The average molecular weight is 267 g/mol. The van der Waals surface area contributed by atoms with Gasteiger partial charge in [0.1, 0.15) is 9.84 Å². The first-order valence-electron chi connectivity index (χ1n) is 5.91. The molecular weight excluding hydrogens is 242 g/mol. The highest BCUT2D eigenvalue weighted by atomic mass is 32.2. The van der Waals surface area contributed by atoms with Crippen LogP contribution in [-0.4, -0.2) is 44.5 Å². The Hall–Kier alpha value is 0.260. The smallest absolute Gasteiger partial charge is 0.148 e. The molecule has 0 saturated carbocycles. The summed E-state index contributed by atoms with van der Waals surface area (Å²) in [4.78, 5) is 0. The standard InChI is InChI=1S/C11H25NO2S2/c1-5-7-10(12-3)11(6-2)15-8-9-16(4,13)14/h10-12H,5-9H2,1-4H3. The second-order valence-corrected chi connectivity index (χ2v) is 7.74. The number of nitrogens with one attached hydrogen (secondary N) is 1. The molecule has 0 aromatic heterocycles. The summed E-state index contributed by atoms with van der Waals surface area (Å²) in [6.07, 6.45) is 4.70. The third-order valence-corrected chi connectivity index (χ3v) is 5.34. The number of hydrogen-bond acceptors (Lipinski definition) is 4. The van der Waals surface area contributed by atoms with E-state index in [-0.39, 0.29) is 5.75 Å². The Balaban J connectivity index is 4.07. The Morgan fingerprint density at radius 3 is 2.31 bits per heavy atom. The second kappa shape index (κ2) is 8.37. The predicted molar refractivity (Wildman–Crippen MR) is 74.0 cm³/mol. The summed E-state index contributed by atoms with van der Waals surface area (Å²) in [7, 11) is -0.828. The molecule has 2 atom stereocenters. The van der Waals surface area contributed by atoms with Crippen molar-refractivity contribution in [3.8, 4) is 0 Å². The molecule has 98 valence electrons.